The number of nitrogens with two attached hydrogens (primary N) is 1. The molecule has 0 fully saturated rings. The molecule has 0 unspecified atom stereocenters. The van der Waals surface area contributed by atoms with E-state index in [1.807, 2.05) is 18.5 Å². The summed E-state index contributed by atoms with van der Waals surface area (Å²) in [6, 6.07) is 2.04. The summed E-state index contributed by atoms with van der Waals surface area (Å²) in [5, 5.41) is 10.4. The molecule has 0 bridgehead atoms. The molecule has 0 spiro atoms. The van der Waals surface area contributed by atoms with Crippen LogP contribution in [-0.2, 0) is 6.42 Å². The number of thiazole rings is 1. The summed E-state index contributed by atoms with van der Waals surface area (Å²) in [6.45, 7) is 0.587. The fourth-order valence-corrected chi connectivity index (χ4v) is 2.61. The van der Waals surface area contributed by atoms with E-state index in [2.05, 4.69) is 25.0 Å². The zero-order valence-corrected chi connectivity index (χ0v) is 9.37. The molecular weight excluding hydrogens is 222 g/mol. The van der Waals surface area contributed by atoms with Crippen molar-refractivity contribution in [1.82, 2.24) is 19.6 Å². The molecule has 0 amide bonds. The van der Waals surface area contributed by atoms with Crippen molar-refractivity contribution >= 4 is 16.3 Å². The quantitative estimate of drug-likeness (QED) is 0.716. The topological polar surface area (TPSA) is 72.0 Å². The number of H-pyrrole nitrogens is 1. The second-order valence-corrected chi connectivity index (χ2v) is 4.33. The maximum atomic E-state index is 5.56. The van der Waals surface area contributed by atoms with Gasteiger partial charge in [0.05, 0.1) is 5.69 Å². The second kappa shape index (κ2) is 3.73. The highest BCUT2D eigenvalue weighted by molar-refractivity contribution is 7.15. The summed E-state index contributed by atoms with van der Waals surface area (Å²) in [5.41, 5.74) is 7.83. The fraction of sp³-hybridized carbons (Fsp3) is 0.200. The first-order valence-corrected chi connectivity index (χ1v) is 5.93. The number of rotatable bonds is 3. The van der Waals surface area contributed by atoms with Crippen molar-refractivity contribution in [1.29, 1.82) is 0 Å². The van der Waals surface area contributed by atoms with E-state index in [9.17, 15) is 0 Å². The summed E-state index contributed by atoms with van der Waals surface area (Å²) >= 11 is 1.59. The third kappa shape index (κ3) is 1.35. The Labute approximate surface area is 95.9 Å². The predicted molar refractivity (Wildman–Crippen MR) is 63.4 cm³/mol. The average Bonchev–Trinajstić information content (AvgIpc) is 2.94. The molecule has 3 aromatic rings. The van der Waals surface area contributed by atoms with Crippen LogP contribution in [-0.4, -0.2) is 26.1 Å². The molecule has 3 heterocycles. The number of hydrogen-bond donors (Lipinski definition) is 2. The molecule has 6 heteroatoms. The molecule has 0 aromatic carbocycles. The number of fused-ring (bicyclic) bond motifs is 1. The predicted octanol–water partition coefficient (Wildman–Crippen LogP) is 1.29. The van der Waals surface area contributed by atoms with E-state index in [-0.39, 0.29) is 0 Å². The highest BCUT2D eigenvalue weighted by atomic mass is 32.1. The minimum Gasteiger partial charge on any atom is -0.367 e. The normalized spacial score (nSPS) is 11.3. The molecule has 82 valence electrons. The number of aromatic amines is 1. The largest absolute Gasteiger partial charge is 0.367 e. The second-order valence-electron chi connectivity index (χ2n) is 3.49. The van der Waals surface area contributed by atoms with Crippen molar-refractivity contribution in [3.05, 3.63) is 29.7 Å². The molecule has 3 rings (SSSR count). The Morgan fingerprint density at radius 2 is 2.38 bits per heavy atom. The maximum absolute atomic E-state index is 5.56. The van der Waals surface area contributed by atoms with Crippen LogP contribution >= 0.6 is 11.3 Å². The van der Waals surface area contributed by atoms with Gasteiger partial charge < -0.3 is 10.7 Å². The van der Waals surface area contributed by atoms with Crippen LogP contribution in [0.4, 0.5) is 0 Å². The van der Waals surface area contributed by atoms with Gasteiger partial charge in [0.2, 0.25) is 4.96 Å². The van der Waals surface area contributed by atoms with Gasteiger partial charge in [-0.1, -0.05) is 0 Å². The van der Waals surface area contributed by atoms with Gasteiger partial charge in [-0.15, -0.1) is 21.5 Å². The van der Waals surface area contributed by atoms with Gasteiger partial charge in [-0.2, -0.15) is 0 Å². The Balaban J connectivity index is 2.21. The summed E-state index contributed by atoms with van der Waals surface area (Å²) in [4.78, 5) is 3.97. The third-order valence-electron chi connectivity index (χ3n) is 2.48. The Hall–Kier alpha value is -1.66. The lowest BCUT2D eigenvalue weighted by Crippen LogP contribution is -2.06. The van der Waals surface area contributed by atoms with E-state index in [1.54, 1.807) is 11.3 Å². The van der Waals surface area contributed by atoms with Crippen LogP contribution in [0.25, 0.3) is 16.2 Å². The minimum absolute atomic E-state index is 0.587. The van der Waals surface area contributed by atoms with E-state index in [0.29, 0.717) is 6.54 Å². The van der Waals surface area contributed by atoms with E-state index in [1.165, 1.54) is 0 Å². The minimum atomic E-state index is 0.587. The van der Waals surface area contributed by atoms with Gasteiger partial charge in [0.25, 0.3) is 0 Å². The molecule has 0 saturated heterocycles. The van der Waals surface area contributed by atoms with Gasteiger partial charge in [-0.3, -0.25) is 4.40 Å². The summed E-state index contributed by atoms with van der Waals surface area (Å²) in [7, 11) is 0. The standard InChI is InChI=1S/C10H11N5S/c11-3-1-9-13-14-10-15(9)8(6-16-10)7-2-4-12-5-7/h2,4-6,12H,1,3,11H2. The third-order valence-corrected chi connectivity index (χ3v) is 3.30. The molecule has 0 radical (unpaired) electrons. The Kier molecular flexibility index (Phi) is 2.23. The highest BCUT2D eigenvalue weighted by Gasteiger charge is 2.12. The van der Waals surface area contributed by atoms with Gasteiger partial charge in [-0.25, -0.2) is 0 Å². The Bertz CT molecular complexity index is 592. The number of nitrogens with zero attached hydrogens (tertiary/aromatic N) is 3. The van der Waals surface area contributed by atoms with Gasteiger partial charge in [-0.05, 0) is 12.6 Å². The van der Waals surface area contributed by atoms with Crippen molar-refractivity contribution in [3.8, 4) is 11.3 Å². The molecule has 0 aliphatic rings. The van der Waals surface area contributed by atoms with Crippen LogP contribution in [0.15, 0.2) is 23.8 Å². The number of nitrogens with one attached hydrogen (secondary N) is 1. The van der Waals surface area contributed by atoms with Gasteiger partial charge >= 0.3 is 0 Å². The molecule has 5 nitrogen and oxygen atoms in total. The average molecular weight is 233 g/mol. The molecule has 3 N–H and O–H groups in total. The first kappa shape index (κ1) is 9.56. The van der Waals surface area contributed by atoms with Crippen LogP contribution in [0.3, 0.4) is 0 Å². The Morgan fingerprint density at radius 1 is 1.44 bits per heavy atom. The van der Waals surface area contributed by atoms with E-state index >= 15 is 0 Å². The fourth-order valence-electron chi connectivity index (χ4n) is 1.75. The van der Waals surface area contributed by atoms with Crippen molar-refractivity contribution < 1.29 is 0 Å². The van der Waals surface area contributed by atoms with Crippen LogP contribution in [0.5, 0.6) is 0 Å². The summed E-state index contributed by atoms with van der Waals surface area (Å²) in [5.74, 6) is 0.926. The number of aromatic nitrogens is 4. The lowest BCUT2D eigenvalue weighted by atomic mass is 10.2. The molecule has 3 aromatic heterocycles. The summed E-state index contributed by atoms with van der Waals surface area (Å²) < 4.78 is 2.07. The molecule has 0 atom stereocenters. The zero-order chi connectivity index (χ0) is 11.0. The lowest BCUT2D eigenvalue weighted by molar-refractivity contribution is 0.851. The van der Waals surface area contributed by atoms with Crippen molar-refractivity contribution in [2.75, 3.05) is 6.54 Å². The van der Waals surface area contributed by atoms with Crippen LogP contribution in [0.2, 0.25) is 0 Å². The van der Waals surface area contributed by atoms with Crippen molar-refractivity contribution in [2.45, 2.75) is 6.42 Å². The highest BCUT2D eigenvalue weighted by Crippen LogP contribution is 2.25. The first-order valence-electron chi connectivity index (χ1n) is 5.05. The van der Waals surface area contributed by atoms with Crippen molar-refractivity contribution in [2.24, 2.45) is 5.73 Å². The summed E-state index contributed by atoms with van der Waals surface area (Å²) in [6.07, 6.45) is 4.62. The number of hydrogen-bond acceptors (Lipinski definition) is 4. The zero-order valence-electron chi connectivity index (χ0n) is 8.55. The monoisotopic (exact) mass is 233 g/mol. The molecule has 0 aliphatic heterocycles. The van der Waals surface area contributed by atoms with Crippen LogP contribution in [0.1, 0.15) is 5.82 Å². The van der Waals surface area contributed by atoms with E-state index in [0.717, 1.165) is 28.5 Å². The van der Waals surface area contributed by atoms with E-state index < -0.39 is 0 Å². The van der Waals surface area contributed by atoms with Crippen LogP contribution < -0.4 is 5.73 Å². The lowest BCUT2D eigenvalue weighted by Gasteiger charge is -1.98. The Morgan fingerprint density at radius 3 is 3.12 bits per heavy atom. The molecular formula is C10H11N5S. The molecule has 0 aliphatic carbocycles. The molecule has 0 saturated carbocycles. The smallest absolute Gasteiger partial charge is 0.216 e. The molecule has 16 heavy (non-hydrogen) atoms. The van der Waals surface area contributed by atoms with Gasteiger partial charge in [0.15, 0.2) is 0 Å². The first-order chi connectivity index (χ1) is 7.90. The van der Waals surface area contributed by atoms with Crippen molar-refractivity contribution in [3.63, 3.8) is 0 Å². The van der Waals surface area contributed by atoms with Gasteiger partial charge in [0, 0.05) is 29.8 Å². The van der Waals surface area contributed by atoms with E-state index in [4.69, 9.17) is 5.73 Å². The van der Waals surface area contributed by atoms with Crippen LogP contribution in [0, 0.1) is 0 Å². The maximum Gasteiger partial charge on any atom is 0.216 e. The SMILES string of the molecule is NCCc1nnc2scc(-c3cc[nH]c3)n12. The van der Waals surface area contributed by atoms with Gasteiger partial charge in [0.1, 0.15) is 5.82 Å².